The first-order valence-corrected chi connectivity index (χ1v) is 4.74. The lowest BCUT2D eigenvalue weighted by Gasteiger charge is -2.06. The third kappa shape index (κ3) is 3.42. The molecule has 0 spiro atoms. The van der Waals surface area contributed by atoms with Crippen molar-refractivity contribution in [2.45, 2.75) is 6.54 Å². The molecule has 1 aromatic rings. The topological polar surface area (TPSA) is 53.5 Å². The van der Waals surface area contributed by atoms with Crippen molar-refractivity contribution in [3.8, 4) is 0 Å². The van der Waals surface area contributed by atoms with Crippen molar-refractivity contribution in [1.29, 1.82) is 0 Å². The highest BCUT2D eigenvalue weighted by Gasteiger charge is 2.06. The number of carbonyl (C=O) groups excluding carboxylic acids is 1. The van der Waals surface area contributed by atoms with Crippen molar-refractivity contribution in [2.75, 3.05) is 14.1 Å². The molecule has 0 aliphatic heterocycles. The molecule has 0 aliphatic rings. The monoisotopic (exact) mass is 205 g/mol. The minimum absolute atomic E-state index is 0.191. The molecule has 15 heavy (non-hydrogen) atoms. The molecule has 4 heteroatoms. The molecule has 0 aromatic heterocycles. The van der Waals surface area contributed by atoms with Crippen LogP contribution in [0.15, 0.2) is 35.3 Å². The largest absolute Gasteiger partial charge is 0.369 e. The molecule has 0 radical (unpaired) electrons. The second kappa shape index (κ2) is 5.80. The van der Waals surface area contributed by atoms with Crippen molar-refractivity contribution in [1.82, 2.24) is 10.6 Å². The average Bonchev–Trinajstić information content (AvgIpc) is 2.29. The molecule has 2 N–H and O–H groups in total. The molecule has 0 fully saturated rings. The number of hydrogen-bond acceptors (Lipinski definition) is 2. The second-order valence-electron chi connectivity index (χ2n) is 2.99. The molecule has 0 atom stereocenters. The SMILES string of the molecule is CN=C(NC)C(=O)NCc1ccccc1. The Kier molecular flexibility index (Phi) is 4.34. The van der Waals surface area contributed by atoms with E-state index >= 15 is 0 Å². The number of carbonyl (C=O) groups is 1. The van der Waals surface area contributed by atoms with Gasteiger partial charge in [-0.3, -0.25) is 9.79 Å². The van der Waals surface area contributed by atoms with E-state index in [-0.39, 0.29) is 5.91 Å². The summed E-state index contributed by atoms with van der Waals surface area (Å²) in [6.07, 6.45) is 0. The normalized spacial score (nSPS) is 10.9. The lowest BCUT2D eigenvalue weighted by molar-refractivity contribution is -0.115. The van der Waals surface area contributed by atoms with Crippen molar-refractivity contribution in [3.05, 3.63) is 35.9 Å². The zero-order valence-electron chi connectivity index (χ0n) is 8.95. The van der Waals surface area contributed by atoms with Gasteiger partial charge in [0.2, 0.25) is 0 Å². The van der Waals surface area contributed by atoms with Crippen molar-refractivity contribution < 1.29 is 4.79 Å². The van der Waals surface area contributed by atoms with E-state index in [1.54, 1.807) is 14.1 Å². The third-order valence-corrected chi connectivity index (χ3v) is 1.97. The predicted molar refractivity (Wildman–Crippen MR) is 60.7 cm³/mol. The lowest BCUT2D eigenvalue weighted by Crippen LogP contribution is -2.37. The number of amidine groups is 1. The number of likely N-dealkylation sites (N-methyl/N-ethyl adjacent to an activating group) is 1. The maximum absolute atomic E-state index is 11.5. The number of hydrogen-bond donors (Lipinski definition) is 2. The van der Waals surface area contributed by atoms with E-state index in [0.29, 0.717) is 12.4 Å². The Labute approximate surface area is 89.4 Å². The van der Waals surface area contributed by atoms with Gasteiger partial charge in [0.1, 0.15) is 0 Å². The van der Waals surface area contributed by atoms with Crippen LogP contribution in [0.25, 0.3) is 0 Å². The minimum atomic E-state index is -0.191. The molecular weight excluding hydrogens is 190 g/mol. The Balaban J connectivity index is 2.48. The maximum atomic E-state index is 11.5. The van der Waals surface area contributed by atoms with E-state index < -0.39 is 0 Å². The van der Waals surface area contributed by atoms with Crippen LogP contribution in [0.1, 0.15) is 5.56 Å². The van der Waals surface area contributed by atoms with Crippen LogP contribution in [-0.2, 0) is 11.3 Å². The van der Waals surface area contributed by atoms with Crippen LogP contribution < -0.4 is 10.6 Å². The standard InChI is InChI=1S/C11H15N3O/c1-12-10(13-2)11(15)14-8-9-6-4-3-5-7-9/h3-7H,8H2,1-2H3,(H,12,13)(H,14,15). The van der Waals surface area contributed by atoms with Crippen LogP contribution >= 0.6 is 0 Å². The Morgan fingerprint density at radius 3 is 2.53 bits per heavy atom. The number of rotatable bonds is 2. The summed E-state index contributed by atoms with van der Waals surface area (Å²) in [5.41, 5.74) is 1.07. The smallest absolute Gasteiger partial charge is 0.286 e. The van der Waals surface area contributed by atoms with E-state index in [2.05, 4.69) is 15.6 Å². The van der Waals surface area contributed by atoms with Crippen LogP contribution in [0.4, 0.5) is 0 Å². The number of benzene rings is 1. The van der Waals surface area contributed by atoms with Crippen LogP contribution in [0.5, 0.6) is 0 Å². The van der Waals surface area contributed by atoms with Crippen LogP contribution in [0.3, 0.4) is 0 Å². The van der Waals surface area contributed by atoms with Gasteiger partial charge in [0.15, 0.2) is 5.84 Å². The Morgan fingerprint density at radius 1 is 1.33 bits per heavy atom. The molecule has 1 amide bonds. The van der Waals surface area contributed by atoms with Crippen LogP contribution in [0, 0.1) is 0 Å². The number of amides is 1. The Hall–Kier alpha value is -1.84. The van der Waals surface area contributed by atoms with Crippen LogP contribution in [-0.4, -0.2) is 25.8 Å². The average molecular weight is 205 g/mol. The summed E-state index contributed by atoms with van der Waals surface area (Å²) in [4.78, 5) is 15.3. The maximum Gasteiger partial charge on any atom is 0.286 e. The fourth-order valence-corrected chi connectivity index (χ4v) is 1.19. The van der Waals surface area contributed by atoms with Gasteiger partial charge in [-0.15, -0.1) is 0 Å². The quantitative estimate of drug-likeness (QED) is 0.547. The summed E-state index contributed by atoms with van der Waals surface area (Å²) < 4.78 is 0. The molecule has 0 bridgehead atoms. The molecule has 4 nitrogen and oxygen atoms in total. The van der Waals surface area contributed by atoms with Crippen molar-refractivity contribution in [3.63, 3.8) is 0 Å². The van der Waals surface area contributed by atoms with Gasteiger partial charge in [-0.1, -0.05) is 30.3 Å². The van der Waals surface area contributed by atoms with E-state index in [1.807, 2.05) is 30.3 Å². The lowest BCUT2D eigenvalue weighted by atomic mass is 10.2. The van der Waals surface area contributed by atoms with Gasteiger partial charge >= 0.3 is 0 Å². The highest BCUT2D eigenvalue weighted by molar-refractivity contribution is 6.37. The number of nitrogens with zero attached hydrogens (tertiary/aromatic N) is 1. The highest BCUT2D eigenvalue weighted by Crippen LogP contribution is 1.96. The first-order chi connectivity index (χ1) is 7.27. The highest BCUT2D eigenvalue weighted by atomic mass is 16.2. The van der Waals surface area contributed by atoms with Gasteiger partial charge in [0, 0.05) is 20.6 Å². The van der Waals surface area contributed by atoms with Gasteiger partial charge in [-0.25, -0.2) is 0 Å². The molecule has 0 saturated heterocycles. The van der Waals surface area contributed by atoms with Gasteiger partial charge in [-0.05, 0) is 5.56 Å². The van der Waals surface area contributed by atoms with Crippen molar-refractivity contribution >= 4 is 11.7 Å². The van der Waals surface area contributed by atoms with Gasteiger partial charge in [0.25, 0.3) is 5.91 Å². The molecular formula is C11H15N3O. The van der Waals surface area contributed by atoms with E-state index in [1.165, 1.54) is 0 Å². The summed E-state index contributed by atoms with van der Waals surface area (Å²) in [7, 11) is 3.25. The second-order valence-corrected chi connectivity index (χ2v) is 2.99. The molecule has 1 aromatic carbocycles. The zero-order valence-corrected chi connectivity index (χ0v) is 8.95. The van der Waals surface area contributed by atoms with E-state index in [4.69, 9.17) is 0 Å². The molecule has 0 unspecified atom stereocenters. The first kappa shape index (κ1) is 11.2. The van der Waals surface area contributed by atoms with E-state index in [9.17, 15) is 4.79 Å². The number of nitrogens with one attached hydrogen (secondary N) is 2. The number of aliphatic imine (C=N–C) groups is 1. The first-order valence-electron chi connectivity index (χ1n) is 4.74. The van der Waals surface area contributed by atoms with Gasteiger partial charge in [-0.2, -0.15) is 0 Å². The van der Waals surface area contributed by atoms with Gasteiger partial charge in [0.05, 0.1) is 0 Å². The Morgan fingerprint density at radius 2 is 2.00 bits per heavy atom. The van der Waals surface area contributed by atoms with Crippen LogP contribution in [0.2, 0.25) is 0 Å². The van der Waals surface area contributed by atoms with Gasteiger partial charge < -0.3 is 10.6 Å². The fourth-order valence-electron chi connectivity index (χ4n) is 1.19. The molecule has 0 aliphatic carbocycles. The Bertz CT molecular complexity index is 346. The zero-order chi connectivity index (χ0) is 11.1. The third-order valence-electron chi connectivity index (χ3n) is 1.97. The molecule has 80 valence electrons. The molecule has 0 saturated carbocycles. The summed E-state index contributed by atoms with van der Waals surface area (Å²) in [5.74, 6) is 0.148. The van der Waals surface area contributed by atoms with Crippen molar-refractivity contribution in [2.24, 2.45) is 4.99 Å². The minimum Gasteiger partial charge on any atom is -0.369 e. The summed E-state index contributed by atoms with van der Waals surface area (Å²) >= 11 is 0. The summed E-state index contributed by atoms with van der Waals surface area (Å²) in [6.45, 7) is 0.514. The predicted octanol–water partition coefficient (Wildman–Crippen LogP) is 0.550. The summed E-state index contributed by atoms with van der Waals surface area (Å²) in [5, 5.41) is 5.49. The fraction of sp³-hybridized carbons (Fsp3) is 0.273. The summed E-state index contributed by atoms with van der Waals surface area (Å²) in [6, 6.07) is 9.74. The molecule has 1 rings (SSSR count). The molecule has 0 heterocycles. The van der Waals surface area contributed by atoms with E-state index in [0.717, 1.165) is 5.56 Å².